The molecule has 30 heavy (non-hydrogen) atoms. The van der Waals surface area contributed by atoms with Gasteiger partial charge in [-0.1, -0.05) is 117 Å². The number of esters is 1. The van der Waals surface area contributed by atoms with Crippen molar-refractivity contribution in [3.05, 3.63) is 12.7 Å². The molecule has 0 aromatic carbocycles. The molecule has 1 amide bonds. The molecule has 176 valence electrons. The standard InChI is InChI=1S/C25H47NO4/c1-5-7-8-9-10-11-12-13-14-15-16-17-18-19-21-29-24(27)23(22(3)4)26-25(28)30-20-6-2/h6,22-23H,2,5,7-21H2,1,3-4H3,(H,26,28). The molecule has 0 aliphatic carbocycles. The van der Waals surface area contributed by atoms with Gasteiger partial charge >= 0.3 is 12.1 Å². The second-order valence-corrected chi connectivity index (χ2v) is 8.52. The van der Waals surface area contributed by atoms with Crippen LogP contribution in [0.25, 0.3) is 0 Å². The first-order valence-electron chi connectivity index (χ1n) is 12.2. The van der Waals surface area contributed by atoms with Crippen LogP contribution in [0.15, 0.2) is 12.7 Å². The third-order valence-corrected chi connectivity index (χ3v) is 5.27. The Morgan fingerprint density at radius 2 is 1.27 bits per heavy atom. The van der Waals surface area contributed by atoms with Crippen molar-refractivity contribution in [1.82, 2.24) is 5.32 Å². The van der Waals surface area contributed by atoms with Crippen LogP contribution in [0.2, 0.25) is 0 Å². The van der Waals surface area contributed by atoms with E-state index in [4.69, 9.17) is 9.47 Å². The molecule has 0 spiro atoms. The van der Waals surface area contributed by atoms with Crippen LogP contribution in [0.4, 0.5) is 4.79 Å². The lowest BCUT2D eigenvalue weighted by Gasteiger charge is -2.20. The van der Waals surface area contributed by atoms with Gasteiger partial charge in [-0.25, -0.2) is 9.59 Å². The van der Waals surface area contributed by atoms with E-state index in [1.165, 1.54) is 83.1 Å². The molecule has 0 aliphatic heterocycles. The van der Waals surface area contributed by atoms with Gasteiger partial charge in [-0.3, -0.25) is 0 Å². The summed E-state index contributed by atoms with van der Waals surface area (Å²) in [5.74, 6) is -0.458. The van der Waals surface area contributed by atoms with Crippen molar-refractivity contribution < 1.29 is 19.1 Å². The van der Waals surface area contributed by atoms with Crippen LogP contribution in [0.3, 0.4) is 0 Å². The molecule has 1 N–H and O–H groups in total. The highest BCUT2D eigenvalue weighted by Gasteiger charge is 2.26. The minimum atomic E-state index is -0.686. The number of nitrogens with one attached hydrogen (secondary N) is 1. The maximum Gasteiger partial charge on any atom is 0.408 e. The SMILES string of the molecule is C=CCOC(=O)NC(C(=O)OCCCCCCCCCCCCCCCC)C(C)C. The number of ether oxygens (including phenoxy) is 2. The van der Waals surface area contributed by atoms with E-state index in [2.05, 4.69) is 18.8 Å². The molecule has 0 bridgehead atoms. The molecule has 0 saturated carbocycles. The fourth-order valence-electron chi connectivity index (χ4n) is 3.36. The molecule has 5 heteroatoms. The smallest absolute Gasteiger partial charge is 0.408 e. The zero-order valence-electron chi connectivity index (χ0n) is 19.9. The Balaban J connectivity index is 3.60. The number of unbranched alkanes of at least 4 members (excludes halogenated alkanes) is 13. The normalized spacial score (nSPS) is 11.9. The topological polar surface area (TPSA) is 64.6 Å². The van der Waals surface area contributed by atoms with Crippen LogP contribution in [-0.4, -0.2) is 31.3 Å². The Kier molecular flexibility index (Phi) is 19.7. The van der Waals surface area contributed by atoms with Crippen LogP contribution in [0.5, 0.6) is 0 Å². The molecule has 0 saturated heterocycles. The van der Waals surface area contributed by atoms with Crippen molar-refractivity contribution >= 4 is 12.1 Å². The summed E-state index contributed by atoms with van der Waals surface area (Å²) < 4.78 is 10.2. The predicted octanol–water partition coefficient (Wildman–Crippen LogP) is 6.95. The van der Waals surface area contributed by atoms with Crippen molar-refractivity contribution in [2.24, 2.45) is 5.92 Å². The number of hydrogen-bond donors (Lipinski definition) is 1. The van der Waals surface area contributed by atoms with Gasteiger partial charge in [-0.15, -0.1) is 0 Å². The van der Waals surface area contributed by atoms with E-state index in [0.29, 0.717) is 6.61 Å². The predicted molar refractivity (Wildman–Crippen MR) is 125 cm³/mol. The lowest BCUT2D eigenvalue weighted by Crippen LogP contribution is -2.45. The van der Waals surface area contributed by atoms with Gasteiger partial charge in [0, 0.05) is 0 Å². The van der Waals surface area contributed by atoms with Crippen LogP contribution >= 0.6 is 0 Å². The summed E-state index contributed by atoms with van der Waals surface area (Å²) in [5.41, 5.74) is 0. The molecule has 0 heterocycles. The van der Waals surface area contributed by atoms with Crippen LogP contribution in [-0.2, 0) is 14.3 Å². The van der Waals surface area contributed by atoms with Gasteiger partial charge in [0.2, 0.25) is 0 Å². The summed E-state index contributed by atoms with van der Waals surface area (Å²) in [6.07, 6.45) is 19.0. The average Bonchev–Trinajstić information content (AvgIpc) is 2.72. The zero-order chi connectivity index (χ0) is 22.5. The molecule has 0 aromatic heterocycles. The first-order valence-corrected chi connectivity index (χ1v) is 12.2. The van der Waals surface area contributed by atoms with Gasteiger partial charge in [0.25, 0.3) is 0 Å². The summed E-state index contributed by atoms with van der Waals surface area (Å²) in [6, 6.07) is -0.686. The number of carbonyl (C=O) groups is 2. The van der Waals surface area contributed by atoms with Gasteiger partial charge in [0.05, 0.1) is 6.61 Å². The van der Waals surface area contributed by atoms with Crippen molar-refractivity contribution in [3.8, 4) is 0 Å². The first kappa shape index (κ1) is 28.5. The van der Waals surface area contributed by atoms with Crippen molar-refractivity contribution in [2.75, 3.05) is 13.2 Å². The van der Waals surface area contributed by atoms with E-state index in [-0.39, 0.29) is 12.5 Å². The molecule has 1 unspecified atom stereocenters. The van der Waals surface area contributed by atoms with E-state index in [1.807, 2.05) is 13.8 Å². The Hall–Kier alpha value is -1.52. The van der Waals surface area contributed by atoms with E-state index in [0.717, 1.165) is 12.8 Å². The van der Waals surface area contributed by atoms with Gasteiger partial charge in [0.15, 0.2) is 0 Å². The first-order chi connectivity index (χ1) is 14.5. The molecular formula is C25H47NO4. The second-order valence-electron chi connectivity index (χ2n) is 8.52. The maximum absolute atomic E-state index is 12.2. The highest BCUT2D eigenvalue weighted by atomic mass is 16.6. The summed E-state index contributed by atoms with van der Waals surface area (Å²) in [5, 5.41) is 2.57. The molecular weight excluding hydrogens is 378 g/mol. The van der Waals surface area contributed by atoms with E-state index in [1.54, 1.807) is 0 Å². The highest BCUT2D eigenvalue weighted by molar-refractivity contribution is 5.81. The minimum absolute atomic E-state index is 0.0647. The Morgan fingerprint density at radius 3 is 1.70 bits per heavy atom. The Morgan fingerprint density at radius 1 is 0.800 bits per heavy atom. The van der Waals surface area contributed by atoms with Crippen molar-refractivity contribution in [3.63, 3.8) is 0 Å². The third kappa shape index (κ3) is 17.3. The molecule has 0 rings (SSSR count). The number of rotatable bonds is 20. The highest BCUT2D eigenvalue weighted by Crippen LogP contribution is 2.13. The number of alkyl carbamates (subject to hydrolysis) is 1. The van der Waals surface area contributed by atoms with Gasteiger partial charge in [0.1, 0.15) is 12.6 Å². The largest absolute Gasteiger partial charge is 0.464 e. The number of hydrogen-bond acceptors (Lipinski definition) is 4. The summed E-state index contributed by atoms with van der Waals surface area (Å²) in [6.45, 7) is 10.0. The zero-order valence-corrected chi connectivity index (χ0v) is 19.9. The third-order valence-electron chi connectivity index (χ3n) is 5.27. The molecule has 0 aliphatic rings. The number of amides is 1. The van der Waals surface area contributed by atoms with Gasteiger partial charge in [-0.05, 0) is 12.3 Å². The van der Waals surface area contributed by atoms with Gasteiger partial charge in [-0.2, -0.15) is 0 Å². The summed E-state index contributed by atoms with van der Waals surface area (Å²) >= 11 is 0. The van der Waals surface area contributed by atoms with Crippen LogP contribution < -0.4 is 5.32 Å². The van der Waals surface area contributed by atoms with Gasteiger partial charge < -0.3 is 14.8 Å². The van der Waals surface area contributed by atoms with E-state index >= 15 is 0 Å². The van der Waals surface area contributed by atoms with Crippen LogP contribution in [0.1, 0.15) is 111 Å². The molecule has 0 fully saturated rings. The van der Waals surface area contributed by atoms with Crippen molar-refractivity contribution in [1.29, 1.82) is 0 Å². The Labute approximate surface area is 185 Å². The average molecular weight is 426 g/mol. The quantitative estimate of drug-likeness (QED) is 0.130. The molecule has 5 nitrogen and oxygen atoms in total. The maximum atomic E-state index is 12.2. The minimum Gasteiger partial charge on any atom is -0.464 e. The summed E-state index contributed by atoms with van der Waals surface area (Å²) in [7, 11) is 0. The lowest BCUT2D eigenvalue weighted by atomic mass is 10.0. The van der Waals surface area contributed by atoms with Crippen LogP contribution in [0, 0.1) is 5.92 Å². The summed E-state index contributed by atoms with van der Waals surface area (Å²) in [4.78, 5) is 23.9. The molecule has 1 atom stereocenters. The Bertz CT molecular complexity index is 437. The molecule has 0 radical (unpaired) electrons. The fraction of sp³-hybridized carbons (Fsp3) is 0.840. The fourth-order valence-corrected chi connectivity index (χ4v) is 3.36. The monoisotopic (exact) mass is 425 g/mol. The van der Waals surface area contributed by atoms with E-state index in [9.17, 15) is 9.59 Å². The lowest BCUT2D eigenvalue weighted by molar-refractivity contribution is -0.147. The number of carbonyl (C=O) groups excluding carboxylic acids is 2. The molecule has 0 aromatic rings. The second kappa shape index (κ2) is 20.7. The van der Waals surface area contributed by atoms with Crippen molar-refractivity contribution in [2.45, 2.75) is 117 Å². The van der Waals surface area contributed by atoms with E-state index < -0.39 is 18.1 Å².